The van der Waals surface area contributed by atoms with Crippen LogP contribution in [0.1, 0.15) is 28.4 Å². The number of benzene rings is 1. The van der Waals surface area contributed by atoms with Crippen LogP contribution >= 0.6 is 0 Å². The summed E-state index contributed by atoms with van der Waals surface area (Å²) in [5.41, 5.74) is 2.86. The quantitative estimate of drug-likeness (QED) is 0.877. The first-order valence-electron chi connectivity index (χ1n) is 6.73. The predicted octanol–water partition coefficient (Wildman–Crippen LogP) is 2.75. The number of pyridine rings is 1. The molecule has 0 fully saturated rings. The summed E-state index contributed by atoms with van der Waals surface area (Å²) in [7, 11) is 0. The Balaban J connectivity index is 2.03. The van der Waals surface area contributed by atoms with Crippen LogP contribution in [-0.2, 0) is 6.54 Å². The minimum atomic E-state index is -0.116. The lowest BCUT2D eigenvalue weighted by atomic mass is 10.1. The molecule has 0 unspecified atom stereocenters. The van der Waals surface area contributed by atoms with Crippen molar-refractivity contribution < 1.29 is 4.79 Å². The largest absolute Gasteiger partial charge is 0.370 e. The monoisotopic (exact) mass is 269 g/mol. The van der Waals surface area contributed by atoms with Crippen molar-refractivity contribution in [3.8, 4) is 0 Å². The zero-order valence-electron chi connectivity index (χ0n) is 11.8. The van der Waals surface area contributed by atoms with Gasteiger partial charge in [0.2, 0.25) is 0 Å². The molecule has 1 amide bonds. The first-order valence-corrected chi connectivity index (χ1v) is 6.73. The van der Waals surface area contributed by atoms with Crippen molar-refractivity contribution in [1.29, 1.82) is 0 Å². The highest BCUT2D eigenvalue weighted by molar-refractivity contribution is 5.98. The third kappa shape index (κ3) is 3.57. The summed E-state index contributed by atoms with van der Waals surface area (Å²) in [4.78, 5) is 16.4. The Hall–Kier alpha value is -2.36. The van der Waals surface area contributed by atoms with Gasteiger partial charge in [0.15, 0.2) is 0 Å². The third-order valence-electron chi connectivity index (χ3n) is 2.97. The number of carbonyl (C=O) groups excluding carboxylic acids is 1. The number of rotatable bonds is 5. The lowest BCUT2D eigenvalue weighted by molar-refractivity contribution is 0.0951. The highest BCUT2D eigenvalue weighted by Gasteiger charge is 2.11. The van der Waals surface area contributed by atoms with Crippen molar-refractivity contribution in [1.82, 2.24) is 10.3 Å². The van der Waals surface area contributed by atoms with Gasteiger partial charge < -0.3 is 10.6 Å². The fourth-order valence-electron chi connectivity index (χ4n) is 1.88. The van der Waals surface area contributed by atoms with Gasteiger partial charge in [0.1, 0.15) is 5.82 Å². The molecular weight excluding hydrogens is 250 g/mol. The van der Waals surface area contributed by atoms with Gasteiger partial charge in [-0.3, -0.25) is 4.79 Å². The Morgan fingerprint density at radius 2 is 1.95 bits per heavy atom. The molecule has 0 bridgehead atoms. The van der Waals surface area contributed by atoms with E-state index >= 15 is 0 Å². The van der Waals surface area contributed by atoms with Crippen LogP contribution in [0.3, 0.4) is 0 Å². The molecule has 0 spiro atoms. The van der Waals surface area contributed by atoms with Gasteiger partial charge in [0.25, 0.3) is 5.91 Å². The molecule has 1 aromatic carbocycles. The summed E-state index contributed by atoms with van der Waals surface area (Å²) in [6.07, 6.45) is 1.68. The molecule has 2 rings (SSSR count). The topological polar surface area (TPSA) is 54.0 Å². The second kappa shape index (κ2) is 6.70. The molecule has 1 aromatic heterocycles. The van der Waals surface area contributed by atoms with E-state index in [9.17, 15) is 4.79 Å². The van der Waals surface area contributed by atoms with Crippen LogP contribution in [0.2, 0.25) is 0 Å². The van der Waals surface area contributed by atoms with Crippen molar-refractivity contribution in [3.63, 3.8) is 0 Å². The van der Waals surface area contributed by atoms with Gasteiger partial charge in [0, 0.05) is 19.3 Å². The second-order valence-electron chi connectivity index (χ2n) is 4.60. The maximum Gasteiger partial charge on any atom is 0.255 e. The maximum atomic E-state index is 12.2. The van der Waals surface area contributed by atoms with Gasteiger partial charge in [-0.25, -0.2) is 4.98 Å². The van der Waals surface area contributed by atoms with E-state index in [-0.39, 0.29) is 5.91 Å². The molecule has 1 heterocycles. The van der Waals surface area contributed by atoms with E-state index < -0.39 is 0 Å². The Morgan fingerprint density at radius 1 is 1.20 bits per heavy atom. The average molecular weight is 269 g/mol. The molecule has 4 heteroatoms. The number of anilines is 1. The predicted molar refractivity (Wildman–Crippen MR) is 80.7 cm³/mol. The lowest BCUT2D eigenvalue weighted by Gasteiger charge is -2.10. The number of hydrogen-bond acceptors (Lipinski definition) is 3. The molecule has 4 nitrogen and oxygen atoms in total. The smallest absolute Gasteiger partial charge is 0.255 e. The summed E-state index contributed by atoms with van der Waals surface area (Å²) < 4.78 is 0. The van der Waals surface area contributed by atoms with Crippen LogP contribution in [0, 0.1) is 6.92 Å². The zero-order chi connectivity index (χ0) is 14.4. The number of amides is 1. The molecule has 0 saturated carbocycles. The molecule has 0 saturated heterocycles. The SMILES string of the molecule is CCNc1ncccc1C(=O)NCc1ccc(C)cc1. The standard InChI is InChI=1S/C16H19N3O/c1-3-17-15-14(5-4-10-18-15)16(20)19-11-13-8-6-12(2)7-9-13/h4-10H,3,11H2,1-2H3,(H,17,18)(H,19,20). The molecule has 0 aliphatic heterocycles. The van der Waals surface area contributed by atoms with Crippen LogP contribution in [0.15, 0.2) is 42.6 Å². The molecule has 0 aliphatic carbocycles. The van der Waals surface area contributed by atoms with Crippen molar-refractivity contribution in [2.75, 3.05) is 11.9 Å². The van der Waals surface area contributed by atoms with E-state index in [1.807, 2.05) is 38.1 Å². The summed E-state index contributed by atoms with van der Waals surface area (Å²) >= 11 is 0. The average Bonchev–Trinajstić information content (AvgIpc) is 2.47. The number of nitrogens with zero attached hydrogens (tertiary/aromatic N) is 1. The number of aryl methyl sites for hydroxylation is 1. The first kappa shape index (κ1) is 14.1. The van der Waals surface area contributed by atoms with E-state index in [4.69, 9.17) is 0 Å². The van der Waals surface area contributed by atoms with Gasteiger partial charge in [-0.2, -0.15) is 0 Å². The molecule has 0 radical (unpaired) electrons. The fraction of sp³-hybridized carbons (Fsp3) is 0.250. The van der Waals surface area contributed by atoms with E-state index in [2.05, 4.69) is 15.6 Å². The molecular formula is C16H19N3O. The van der Waals surface area contributed by atoms with Crippen LogP contribution in [0.4, 0.5) is 5.82 Å². The molecule has 2 aromatic rings. The van der Waals surface area contributed by atoms with Crippen molar-refractivity contribution in [3.05, 3.63) is 59.3 Å². The summed E-state index contributed by atoms with van der Waals surface area (Å²) in [5.74, 6) is 0.506. The normalized spacial score (nSPS) is 10.1. The molecule has 0 atom stereocenters. The molecule has 20 heavy (non-hydrogen) atoms. The first-order chi connectivity index (χ1) is 9.70. The summed E-state index contributed by atoms with van der Waals surface area (Å²) in [6, 6.07) is 11.6. The van der Waals surface area contributed by atoms with E-state index in [1.54, 1.807) is 18.3 Å². The Kier molecular flexibility index (Phi) is 4.71. The van der Waals surface area contributed by atoms with Crippen molar-refractivity contribution >= 4 is 11.7 Å². The zero-order valence-corrected chi connectivity index (χ0v) is 11.8. The van der Waals surface area contributed by atoms with E-state index in [0.717, 1.165) is 12.1 Å². The van der Waals surface area contributed by atoms with Gasteiger partial charge in [-0.1, -0.05) is 29.8 Å². The van der Waals surface area contributed by atoms with Crippen LogP contribution < -0.4 is 10.6 Å². The highest BCUT2D eigenvalue weighted by Crippen LogP contribution is 2.11. The summed E-state index contributed by atoms with van der Waals surface area (Å²) in [6.45, 7) is 5.26. The van der Waals surface area contributed by atoms with Crippen molar-refractivity contribution in [2.24, 2.45) is 0 Å². The number of hydrogen-bond donors (Lipinski definition) is 2. The highest BCUT2D eigenvalue weighted by atomic mass is 16.1. The third-order valence-corrected chi connectivity index (χ3v) is 2.97. The minimum absolute atomic E-state index is 0.116. The van der Waals surface area contributed by atoms with Crippen LogP contribution in [0.5, 0.6) is 0 Å². The van der Waals surface area contributed by atoms with Gasteiger partial charge >= 0.3 is 0 Å². The van der Waals surface area contributed by atoms with Gasteiger partial charge in [-0.15, -0.1) is 0 Å². The lowest BCUT2D eigenvalue weighted by Crippen LogP contribution is -2.24. The second-order valence-corrected chi connectivity index (χ2v) is 4.60. The number of carbonyl (C=O) groups is 1. The van der Waals surface area contributed by atoms with E-state index in [0.29, 0.717) is 17.9 Å². The molecule has 104 valence electrons. The van der Waals surface area contributed by atoms with Crippen LogP contribution in [-0.4, -0.2) is 17.4 Å². The Labute approximate surface area is 119 Å². The van der Waals surface area contributed by atoms with Crippen molar-refractivity contribution in [2.45, 2.75) is 20.4 Å². The minimum Gasteiger partial charge on any atom is -0.370 e. The number of nitrogens with one attached hydrogen (secondary N) is 2. The molecule has 0 aliphatic rings. The summed E-state index contributed by atoms with van der Waals surface area (Å²) in [5, 5.41) is 6.01. The van der Waals surface area contributed by atoms with Gasteiger partial charge in [0.05, 0.1) is 5.56 Å². The number of aromatic nitrogens is 1. The van der Waals surface area contributed by atoms with Gasteiger partial charge in [-0.05, 0) is 31.5 Å². The molecule has 2 N–H and O–H groups in total. The van der Waals surface area contributed by atoms with E-state index in [1.165, 1.54) is 5.56 Å². The fourth-order valence-corrected chi connectivity index (χ4v) is 1.88. The Morgan fingerprint density at radius 3 is 2.65 bits per heavy atom. The Bertz CT molecular complexity index is 579. The maximum absolute atomic E-state index is 12.2. The van der Waals surface area contributed by atoms with Crippen LogP contribution in [0.25, 0.3) is 0 Å².